The number of aromatic amines is 1. The molecule has 160 valence electrons. The maximum atomic E-state index is 12.1. The van der Waals surface area contributed by atoms with Crippen molar-refractivity contribution in [1.29, 1.82) is 0 Å². The van der Waals surface area contributed by atoms with Crippen LogP contribution in [-0.2, 0) is 9.53 Å². The van der Waals surface area contributed by atoms with Crippen molar-refractivity contribution in [3.63, 3.8) is 0 Å². The van der Waals surface area contributed by atoms with Crippen molar-refractivity contribution in [2.45, 2.75) is 70.3 Å². The van der Waals surface area contributed by atoms with Crippen LogP contribution in [0, 0.1) is 11.8 Å². The maximum absolute atomic E-state index is 12.1. The van der Waals surface area contributed by atoms with Crippen molar-refractivity contribution in [3.8, 4) is 11.8 Å². The van der Waals surface area contributed by atoms with Gasteiger partial charge in [0.15, 0.2) is 0 Å². The van der Waals surface area contributed by atoms with E-state index < -0.39 is 29.7 Å². The van der Waals surface area contributed by atoms with Gasteiger partial charge in [-0.2, -0.15) is 0 Å². The van der Waals surface area contributed by atoms with Crippen LogP contribution in [0.4, 0.5) is 0 Å². The number of aromatic nitrogens is 2. The fourth-order valence-electron chi connectivity index (χ4n) is 2.99. The third kappa shape index (κ3) is 6.85. The summed E-state index contributed by atoms with van der Waals surface area (Å²) >= 11 is 0. The molecule has 9 nitrogen and oxygen atoms in total. The number of nitrogens with one attached hydrogen (secondary N) is 2. The zero-order chi connectivity index (χ0) is 21.2. The minimum atomic E-state index is -0.891. The van der Waals surface area contributed by atoms with Crippen LogP contribution in [0.25, 0.3) is 0 Å². The monoisotopic (exact) mass is 407 g/mol. The van der Waals surface area contributed by atoms with Crippen LogP contribution in [0.5, 0.6) is 0 Å². The largest absolute Gasteiger partial charge is 0.394 e. The van der Waals surface area contributed by atoms with Gasteiger partial charge in [0.1, 0.15) is 17.9 Å². The van der Waals surface area contributed by atoms with Gasteiger partial charge in [0.05, 0.1) is 12.7 Å². The number of carbonyl (C=O) groups is 1. The van der Waals surface area contributed by atoms with Crippen LogP contribution in [0.2, 0.25) is 0 Å². The van der Waals surface area contributed by atoms with E-state index in [1.165, 1.54) is 10.8 Å². The van der Waals surface area contributed by atoms with Crippen molar-refractivity contribution < 1.29 is 19.7 Å². The summed E-state index contributed by atoms with van der Waals surface area (Å²) in [5, 5.41) is 21.9. The van der Waals surface area contributed by atoms with E-state index in [2.05, 4.69) is 29.1 Å². The van der Waals surface area contributed by atoms with Gasteiger partial charge in [0.25, 0.3) is 5.56 Å². The van der Waals surface area contributed by atoms with Gasteiger partial charge < -0.3 is 20.3 Å². The molecule has 29 heavy (non-hydrogen) atoms. The fraction of sp³-hybridized carbons (Fsp3) is 0.650. The first kappa shape index (κ1) is 22.9. The molecular weight excluding hydrogens is 378 g/mol. The molecule has 0 aromatic carbocycles. The number of amides is 1. The molecule has 0 saturated carbocycles. The van der Waals surface area contributed by atoms with E-state index in [9.17, 15) is 19.5 Å². The fourth-order valence-corrected chi connectivity index (χ4v) is 2.99. The Bertz CT molecular complexity index is 850. The molecule has 1 amide bonds. The van der Waals surface area contributed by atoms with E-state index in [0.717, 1.165) is 19.3 Å². The molecule has 3 atom stereocenters. The van der Waals surface area contributed by atoms with Crippen LogP contribution in [0.3, 0.4) is 0 Å². The highest BCUT2D eigenvalue weighted by atomic mass is 16.5. The van der Waals surface area contributed by atoms with Crippen LogP contribution >= 0.6 is 0 Å². The smallest absolute Gasteiger partial charge is 0.330 e. The number of hydrogen-bond acceptors (Lipinski definition) is 6. The molecule has 9 heteroatoms. The number of carbonyl (C=O) groups excluding carboxylic acids is 1. The third-order valence-electron chi connectivity index (χ3n) is 4.69. The van der Waals surface area contributed by atoms with Gasteiger partial charge in [-0.25, -0.2) is 4.79 Å². The van der Waals surface area contributed by atoms with Gasteiger partial charge in [-0.1, -0.05) is 25.2 Å². The van der Waals surface area contributed by atoms with Gasteiger partial charge in [-0.15, -0.1) is 0 Å². The van der Waals surface area contributed by atoms with E-state index in [1.807, 2.05) is 0 Å². The first-order valence-electron chi connectivity index (χ1n) is 10.0. The molecule has 0 bridgehead atoms. The SMILES string of the molecule is CCCCNC(=O)CCCCC#Cc1cn([C@H]2C[C@H](O)[C@@H](CO)O2)c(=O)[nH]c1=O. The van der Waals surface area contributed by atoms with Gasteiger partial charge >= 0.3 is 5.69 Å². The Balaban J connectivity index is 1.89. The molecule has 4 N–H and O–H groups in total. The molecule has 0 spiro atoms. The number of aliphatic hydroxyl groups is 2. The Morgan fingerprint density at radius 2 is 2.17 bits per heavy atom. The molecule has 1 aromatic heterocycles. The molecule has 1 saturated heterocycles. The zero-order valence-corrected chi connectivity index (χ0v) is 16.6. The highest BCUT2D eigenvalue weighted by Crippen LogP contribution is 2.27. The summed E-state index contributed by atoms with van der Waals surface area (Å²) in [6.07, 6.45) is 3.41. The highest BCUT2D eigenvalue weighted by Gasteiger charge is 2.35. The topological polar surface area (TPSA) is 134 Å². The number of rotatable bonds is 9. The summed E-state index contributed by atoms with van der Waals surface area (Å²) in [6.45, 7) is 2.41. The van der Waals surface area contributed by atoms with Crippen LogP contribution < -0.4 is 16.6 Å². The summed E-state index contributed by atoms with van der Waals surface area (Å²) < 4.78 is 6.63. The van der Waals surface area contributed by atoms with Gasteiger partial charge in [-0.3, -0.25) is 19.1 Å². The van der Waals surface area contributed by atoms with E-state index in [1.54, 1.807) is 0 Å². The predicted molar refractivity (Wildman–Crippen MR) is 106 cm³/mol. The molecule has 0 aliphatic carbocycles. The number of ether oxygens (including phenoxy) is 1. The number of aliphatic hydroxyl groups excluding tert-OH is 2. The quantitative estimate of drug-likeness (QED) is 0.336. The molecule has 0 unspecified atom stereocenters. The Morgan fingerprint density at radius 3 is 2.86 bits per heavy atom. The van der Waals surface area contributed by atoms with Gasteiger partial charge in [0.2, 0.25) is 5.91 Å². The standard InChI is InChI=1S/C20H29N3O6/c1-2-3-10-21-17(26)9-7-5-4-6-8-14-12-23(20(28)22-19(14)27)18-11-15(25)16(13-24)29-18/h12,15-16,18,24-25H,2-5,7,9-11,13H2,1H3,(H,21,26)(H,22,27,28)/t15-,16+,18+/m0/s1. The molecular formula is C20H29N3O6. The van der Waals surface area contributed by atoms with E-state index in [4.69, 9.17) is 9.84 Å². The van der Waals surface area contributed by atoms with Crippen molar-refractivity contribution in [2.75, 3.05) is 13.2 Å². The molecule has 1 fully saturated rings. The molecule has 0 radical (unpaired) electrons. The summed E-state index contributed by atoms with van der Waals surface area (Å²) in [4.78, 5) is 37.8. The van der Waals surface area contributed by atoms with Crippen molar-refractivity contribution >= 4 is 5.91 Å². The Hall–Kier alpha value is -2.41. The third-order valence-corrected chi connectivity index (χ3v) is 4.69. The lowest BCUT2D eigenvalue weighted by molar-refractivity contribution is -0.121. The van der Waals surface area contributed by atoms with Crippen LogP contribution in [-0.4, -0.2) is 51.0 Å². The lowest BCUT2D eigenvalue weighted by Gasteiger charge is -2.14. The molecule has 1 aliphatic rings. The number of hydrogen-bond donors (Lipinski definition) is 4. The van der Waals surface area contributed by atoms with Crippen LogP contribution in [0.1, 0.15) is 63.7 Å². The Morgan fingerprint density at radius 1 is 1.38 bits per heavy atom. The summed E-state index contributed by atoms with van der Waals surface area (Å²) in [5.41, 5.74) is -1.14. The summed E-state index contributed by atoms with van der Waals surface area (Å²) in [6, 6.07) is 0. The van der Waals surface area contributed by atoms with E-state index in [0.29, 0.717) is 25.8 Å². The van der Waals surface area contributed by atoms with Crippen molar-refractivity contribution in [3.05, 3.63) is 32.6 Å². The second kappa shape index (κ2) is 11.6. The average Bonchev–Trinajstić information content (AvgIpc) is 3.06. The molecule has 2 heterocycles. The molecule has 2 rings (SSSR count). The average molecular weight is 407 g/mol. The van der Waals surface area contributed by atoms with Gasteiger partial charge in [0, 0.05) is 32.0 Å². The zero-order valence-electron chi connectivity index (χ0n) is 16.6. The lowest BCUT2D eigenvalue weighted by Crippen LogP contribution is -2.33. The van der Waals surface area contributed by atoms with Crippen LogP contribution in [0.15, 0.2) is 15.8 Å². The highest BCUT2D eigenvalue weighted by molar-refractivity contribution is 5.75. The normalized spacial score (nSPS) is 20.9. The van der Waals surface area contributed by atoms with E-state index >= 15 is 0 Å². The predicted octanol–water partition coefficient (Wildman–Crippen LogP) is 0.00550. The molecule has 1 aromatic rings. The maximum Gasteiger partial charge on any atom is 0.330 e. The Labute approximate surface area is 169 Å². The van der Waals surface area contributed by atoms with Crippen molar-refractivity contribution in [1.82, 2.24) is 14.9 Å². The number of nitrogens with zero attached hydrogens (tertiary/aromatic N) is 1. The minimum Gasteiger partial charge on any atom is -0.394 e. The summed E-state index contributed by atoms with van der Waals surface area (Å²) in [5.74, 6) is 5.67. The number of unbranched alkanes of at least 4 members (excludes halogenated alkanes) is 3. The number of H-pyrrole nitrogens is 1. The first-order chi connectivity index (χ1) is 14.0. The van der Waals surface area contributed by atoms with Crippen molar-refractivity contribution in [2.24, 2.45) is 0 Å². The second-order valence-electron chi connectivity index (χ2n) is 7.04. The van der Waals surface area contributed by atoms with Gasteiger partial charge in [-0.05, 0) is 19.3 Å². The molecule has 1 aliphatic heterocycles. The lowest BCUT2D eigenvalue weighted by atomic mass is 10.2. The summed E-state index contributed by atoms with van der Waals surface area (Å²) in [7, 11) is 0. The second-order valence-corrected chi connectivity index (χ2v) is 7.04. The van der Waals surface area contributed by atoms with E-state index in [-0.39, 0.29) is 24.5 Å². The first-order valence-corrected chi connectivity index (χ1v) is 10.0. The Kier molecular flexibility index (Phi) is 9.12. The minimum absolute atomic E-state index is 0.0369.